The van der Waals surface area contributed by atoms with Gasteiger partial charge in [-0.3, -0.25) is 9.67 Å². The monoisotopic (exact) mass is 398 g/mol. The van der Waals surface area contributed by atoms with Crippen molar-refractivity contribution in [1.29, 1.82) is 0 Å². The highest BCUT2D eigenvalue weighted by atomic mass is 19.1. The van der Waals surface area contributed by atoms with Gasteiger partial charge in [-0.05, 0) is 62.9 Å². The Hall–Kier alpha value is -2.83. The number of halogens is 1. The first-order chi connectivity index (χ1) is 14.0. The van der Waals surface area contributed by atoms with Crippen LogP contribution in [0.4, 0.5) is 4.39 Å². The fraction of sp³-hybridized carbons (Fsp3) is 0.455. The minimum atomic E-state index is -0.210. The van der Waals surface area contributed by atoms with E-state index in [1.165, 1.54) is 11.8 Å². The molecule has 0 saturated carbocycles. The third-order valence-electron chi connectivity index (χ3n) is 4.91. The van der Waals surface area contributed by atoms with Gasteiger partial charge in [0.2, 0.25) is 0 Å². The molecule has 3 N–H and O–H groups in total. The Balaban J connectivity index is 1.54. The number of fused-ring (bicyclic) bond motifs is 1. The van der Waals surface area contributed by atoms with Crippen molar-refractivity contribution < 1.29 is 4.39 Å². The molecular weight excluding hydrogens is 367 g/mol. The van der Waals surface area contributed by atoms with Crippen LogP contribution in [0.3, 0.4) is 0 Å². The number of benzene rings is 1. The maximum absolute atomic E-state index is 13.5. The Labute approximate surface area is 171 Å². The van der Waals surface area contributed by atoms with Crippen molar-refractivity contribution in [3.05, 3.63) is 53.2 Å². The number of aromatic amines is 1. The third kappa shape index (κ3) is 5.59. The summed E-state index contributed by atoms with van der Waals surface area (Å²) in [6.07, 6.45) is 2.74. The summed E-state index contributed by atoms with van der Waals surface area (Å²) >= 11 is 0. The molecule has 1 atom stereocenters. The van der Waals surface area contributed by atoms with Crippen LogP contribution in [-0.4, -0.2) is 40.4 Å². The Kier molecular flexibility index (Phi) is 6.90. The Morgan fingerprint density at radius 2 is 2.10 bits per heavy atom. The number of rotatable bonds is 8. The van der Waals surface area contributed by atoms with E-state index in [0.29, 0.717) is 12.5 Å². The first-order valence-corrected chi connectivity index (χ1v) is 10.2. The fourth-order valence-electron chi connectivity index (χ4n) is 3.47. The van der Waals surface area contributed by atoms with Gasteiger partial charge in [-0.25, -0.2) is 4.39 Å². The van der Waals surface area contributed by atoms with Crippen LogP contribution >= 0.6 is 0 Å². The number of nitrogens with zero attached hydrogens (tertiary/aromatic N) is 3. The molecule has 0 aliphatic carbocycles. The SMILES string of the molecule is CCNC(=NCC(C)Cn1nc(C)cc1C)NCCc1c[nH]c2ccc(F)cc12. The molecule has 0 amide bonds. The quantitative estimate of drug-likeness (QED) is 0.401. The molecule has 6 nitrogen and oxygen atoms in total. The van der Waals surface area contributed by atoms with Gasteiger partial charge in [0.1, 0.15) is 5.82 Å². The van der Waals surface area contributed by atoms with Gasteiger partial charge in [0.05, 0.1) is 5.69 Å². The minimum Gasteiger partial charge on any atom is -0.361 e. The molecule has 2 aromatic heterocycles. The summed E-state index contributed by atoms with van der Waals surface area (Å²) in [5.74, 6) is 0.969. The van der Waals surface area contributed by atoms with E-state index in [1.807, 2.05) is 17.8 Å². The first-order valence-electron chi connectivity index (χ1n) is 10.2. The van der Waals surface area contributed by atoms with Crippen LogP contribution in [0.5, 0.6) is 0 Å². The van der Waals surface area contributed by atoms with Crippen molar-refractivity contribution in [2.24, 2.45) is 10.9 Å². The predicted octanol–water partition coefficient (Wildman–Crippen LogP) is 3.55. The van der Waals surface area contributed by atoms with E-state index in [0.717, 1.165) is 54.2 Å². The van der Waals surface area contributed by atoms with Crippen molar-refractivity contribution in [2.75, 3.05) is 19.6 Å². The van der Waals surface area contributed by atoms with Crippen LogP contribution in [-0.2, 0) is 13.0 Å². The van der Waals surface area contributed by atoms with Crippen LogP contribution < -0.4 is 10.6 Å². The van der Waals surface area contributed by atoms with Crippen molar-refractivity contribution in [3.63, 3.8) is 0 Å². The van der Waals surface area contributed by atoms with Crippen LogP contribution in [0.15, 0.2) is 35.5 Å². The topological polar surface area (TPSA) is 70.0 Å². The average Bonchev–Trinajstić information content (AvgIpc) is 3.21. The summed E-state index contributed by atoms with van der Waals surface area (Å²) in [7, 11) is 0. The number of nitrogens with one attached hydrogen (secondary N) is 3. The van der Waals surface area contributed by atoms with E-state index >= 15 is 0 Å². The van der Waals surface area contributed by atoms with E-state index < -0.39 is 0 Å². The highest BCUT2D eigenvalue weighted by Crippen LogP contribution is 2.19. The van der Waals surface area contributed by atoms with E-state index in [-0.39, 0.29) is 5.82 Å². The molecule has 156 valence electrons. The number of aryl methyl sites for hydroxylation is 2. The zero-order chi connectivity index (χ0) is 20.8. The second-order valence-corrected chi connectivity index (χ2v) is 7.61. The molecular formula is C22H31FN6. The molecule has 0 fully saturated rings. The van der Waals surface area contributed by atoms with Crippen LogP contribution in [0.2, 0.25) is 0 Å². The van der Waals surface area contributed by atoms with Gasteiger partial charge in [0, 0.05) is 49.0 Å². The highest BCUT2D eigenvalue weighted by molar-refractivity contribution is 5.83. The number of hydrogen-bond acceptors (Lipinski definition) is 2. The van der Waals surface area contributed by atoms with Crippen LogP contribution in [0, 0.1) is 25.6 Å². The van der Waals surface area contributed by atoms with Crippen LogP contribution in [0.25, 0.3) is 10.9 Å². The smallest absolute Gasteiger partial charge is 0.191 e. The molecule has 3 aromatic rings. The average molecular weight is 399 g/mol. The van der Waals surface area contributed by atoms with Gasteiger partial charge < -0.3 is 15.6 Å². The summed E-state index contributed by atoms with van der Waals surface area (Å²) in [5.41, 5.74) is 4.28. The van der Waals surface area contributed by atoms with Crippen LogP contribution in [0.1, 0.15) is 30.8 Å². The third-order valence-corrected chi connectivity index (χ3v) is 4.91. The van der Waals surface area contributed by atoms with Crippen molar-refractivity contribution in [3.8, 4) is 0 Å². The molecule has 2 heterocycles. The van der Waals surface area contributed by atoms with Crippen molar-refractivity contribution >= 4 is 16.9 Å². The molecule has 0 saturated heterocycles. The second kappa shape index (κ2) is 9.58. The molecule has 7 heteroatoms. The summed E-state index contributed by atoms with van der Waals surface area (Å²) < 4.78 is 15.6. The maximum Gasteiger partial charge on any atom is 0.191 e. The van der Waals surface area contributed by atoms with E-state index in [4.69, 9.17) is 4.99 Å². The normalized spacial score (nSPS) is 13.1. The number of aromatic nitrogens is 3. The van der Waals surface area contributed by atoms with E-state index in [1.54, 1.807) is 12.1 Å². The molecule has 1 aromatic carbocycles. The van der Waals surface area contributed by atoms with Gasteiger partial charge in [0.25, 0.3) is 0 Å². The Bertz CT molecular complexity index is 971. The molecule has 0 aliphatic rings. The molecule has 0 spiro atoms. The van der Waals surface area contributed by atoms with Gasteiger partial charge in [0.15, 0.2) is 5.96 Å². The molecule has 1 unspecified atom stereocenters. The summed E-state index contributed by atoms with van der Waals surface area (Å²) in [4.78, 5) is 7.93. The summed E-state index contributed by atoms with van der Waals surface area (Å²) in [6, 6.07) is 6.93. The molecule has 0 aliphatic heterocycles. The fourth-order valence-corrected chi connectivity index (χ4v) is 3.47. The van der Waals surface area contributed by atoms with Crippen molar-refractivity contribution in [2.45, 2.75) is 40.7 Å². The number of aliphatic imine (C=N–C) groups is 1. The molecule has 0 bridgehead atoms. The molecule has 29 heavy (non-hydrogen) atoms. The first kappa shape index (κ1) is 20.9. The summed E-state index contributed by atoms with van der Waals surface area (Å²) in [5, 5.41) is 12.1. The maximum atomic E-state index is 13.5. The van der Waals surface area contributed by atoms with Gasteiger partial charge >= 0.3 is 0 Å². The Morgan fingerprint density at radius 1 is 1.28 bits per heavy atom. The number of hydrogen-bond donors (Lipinski definition) is 3. The number of guanidine groups is 1. The lowest BCUT2D eigenvalue weighted by molar-refractivity contribution is 0.449. The standard InChI is InChI=1S/C22H31FN6/c1-5-24-22(27-12-15(2)14-29-17(4)10-16(3)28-29)25-9-8-18-13-26-21-7-6-19(23)11-20(18)21/h6-7,10-11,13,15,26H,5,8-9,12,14H2,1-4H3,(H2,24,25,27). The molecule has 3 rings (SSSR count). The van der Waals surface area contributed by atoms with Crippen molar-refractivity contribution in [1.82, 2.24) is 25.4 Å². The highest BCUT2D eigenvalue weighted by Gasteiger charge is 2.08. The zero-order valence-electron chi connectivity index (χ0n) is 17.7. The van der Waals surface area contributed by atoms with E-state index in [9.17, 15) is 4.39 Å². The van der Waals surface area contributed by atoms with E-state index in [2.05, 4.69) is 47.6 Å². The lowest BCUT2D eigenvalue weighted by Crippen LogP contribution is -2.38. The summed E-state index contributed by atoms with van der Waals surface area (Å²) in [6.45, 7) is 11.4. The lowest BCUT2D eigenvalue weighted by atomic mass is 10.1. The minimum absolute atomic E-state index is 0.210. The largest absolute Gasteiger partial charge is 0.361 e. The lowest BCUT2D eigenvalue weighted by Gasteiger charge is -2.14. The predicted molar refractivity (Wildman–Crippen MR) is 117 cm³/mol. The van der Waals surface area contributed by atoms with Gasteiger partial charge in [-0.1, -0.05) is 6.92 Å². The van der Waals surface area contributed by atoms with Gasteiger partial charge in [-0.2, -0.15) is 5.10 Å². The Morgan fingerprint density at radius 3 is 2.83 bits per heavy atom. The molecule has 0 radical (unpaired) electrons. The van der Waals surface area contributed by atoms with Gasteiger partial charge in [-0.15, -0.1) is 0 Å². The number of H-pyrrole nitrogens is 1. The second-order valence-electron chi connectivity index (χ2n) is 7.61. The zero-order valence-corrected chi connectivity index (χ0v) is 17.7.